The van der Waals surface area contributed by atoms with Crippen molar-refractivity contribution in [2.24, 2.45) is 5.92 Å². The molecule has 0 spiro atoms. The smallest absolute Gasteiger partial charge is 0.339 e. The van der Waals surface area contributed by atoms with Crippen molar-refractivity contribution in [1.82, 2.24) is 4.90 Å². The molecule has 108 valence electrons. The number of likely N-dealkylation sites (tertiary alicyclic amines) is 1. The number of hydrogen-bond acceptors (Lipinski definition) is 4. The Morgan fingerprint density at radius 1 is 1.35 bits per heavy atom. The fourth-order valence-corrected chi connectivity index (χ4v) is 2.50. The summed E-state index contributed by atoms with van der Waals surface area (Å²) in [6, 6.07) is 6.90. The molecule has 0 saturated carbocycles. The van der Waals surface area contributed by atoms with Gasteiger partial charge in [0.05, 0.1) is 24.3 Å². The van der Waals surface area contributed by atoms with Crippen LogP contribution in [-0.2, 0) is 9.53 Å². The van der Waals surface area contributed by atoms with Crippen molar-refractivity contribution in [2.45, 2.75) is 12.8 Å². The highest BCUT2D eigenvalue weighted by Gasteiger charge is 2.25. The predicted octanol–water partition coefficient (Wildman–Crippen LogP) is 1.75. The van der Waals surface area contributed by atoms with Crippen molar-refractivity contribution in [3.63, 3.8) is 0 Å². The Kier molecular flexibility index (Phi) is 4.74. The van der Waals surface area contributed by atoms with Crippen molar-refractivity contribution in [3.05, 3.63) is 29.8 Å². The summed E-state index contributed by atoms with van der Waals surface area (Å²) in [5.41, 5.74) is 0.894. The maximum absolute atomic E-state index is 12.3. The number of anilines is 1. The van der Waals surface area contributed by atoms with Gasteiger partial charge < -0.3 is 15.0 Å². The molecule has 1 aliphatic rings. The first-order chi connectivity index (χ1) is 9.61. The number of rotatable bonds is 3. The molecule has 0 aliphatic carbocycles. The Bertz CT molecular complexity index is 502. The average Bonchev–Trinajstić information content (AvgIpc) is 2.47. The molecular formula is C15H20N2O3. The molecule has 2 rings (SSSR count). The van der Waals surface area contributed by atoms with E-state index in [1.54, 1.807) is 24.3 Å². The van der Waals surface area contributed by atoms with Gasteiger partial charge in [-0.3, -0.25) is 4.79 Å². The summed E-state index contributed by atoms with van der Waals surface area (Å²) in [7, 11) is 3.35. The second kappa shape index (κ2) is 6.52. The largest absolute Gasteiger partial charge is 0.465 e. The molecule has 1 aliphatic heterocycles. The molecule has 1 aromatic rings. The van der Waals surface area contributed by atoms with E-state index >= 15 is 0 Å². The summed E-state index contributed by atoms with van der Waals surface area (Å²) in [6.07, 6.45) is 1.91. The molecule has 5 nitrogen and oxygen atoms in total. The molecule has 0 unspecified atom stereocenters. The molecule has 0 bridgehead atoms. The number of esters is 1. The fourth-order valence-electron chi connectivity index (χ4n) is 2.50. The molecule has 1 heterocycles. The van der Waals surface area contributed by atoms with Crippen molar-refractivity contribution >= 4 is 17.6 Å². The number of para-hydroxylation sites is 1. The van der Waals surface area contributed by atoms with Crippen LogP contribution in [0.15, 0.2) is 24.3 Å². The standard InChI is InChI=1S/C15H20N2O3/c1-17-9-5-6-11(10-17)14(18)16-13-8-4-3-7-12(13)15(19)20-2/h3-4,7-8,11H,5-6,9-10H2,1-2H3,(H,16,18)/t11-/m1/s1. The lowest BCUT2D eigenvalue weighted by molar-refractivity contribution is -0.121. The first-order valence-electron chi connectivity index (χ1n) is 6.78. The number of amides is 1. The number of methoxy groups -OCH3 is 1. The summed E-state index contributed by atoms with van der Waals surface area (Å²) in [5.74, 6) is -0.506. The Balaban J connectivity index is 2.09. The van der Waals surface area contributed by atoms with Gasteiger partial charge in [-0.2, -0.15) is 0 Å². The highest BCUT2D eigenvalue weighted by molar-refractivity contribution is 6.01. The third-order valence-corrected chi connectivity index (χ3v) is 3.59. The van der Waals surface area contributed by atoms with Gasteiger partial charge in [0.25, 0.3) is 0 Å². The topological polar surface area (TPSA) is 58.6 Å². The quantitative estimate of drug-likeness (QED) is 0.855. The van der Waals surface area contributed by atoms with Gasteiger partial charge in [-0.25, -0.2) is 4.79 Å². The van der Waals surface area contributed by atoms with E-state index in [4.69, 9.17) is 4.74 Å². The number of carbonyl (C=O) groups is 2. The van der Waals surface area contributed by atoms with Crippen LogP contribution in [-0.4, -0.2) is 44.0 Å². The molecule has 1 N–H and O–H groups in total. The number of ether oxygens (including phenoxy) is 1. The van der Waals surface area contributed by atoms with Crippen LogP contribution in [0.3, 0.4) is 0 Å². The zero-order valence-electron chi connectivity index (χ0n) is 11.9. The summed E-state index contributed by atoms with van der Waals surface area (Å²) >= 11 is 0. The fraction of sp³-hybridized carbons (Fsp3) is 0.467. The normalized spacial score (nSPS) is 19.4. The highest BCUT2D eigenvalue weighted by Crippen LogP contribution is 2.20. The second-order valence-electron chi connectivity index (χ2n) is 5.13. The molecule has 0 radical (unpaired) electrons. The van der Waals surface area contributed by atoms with E-state index in [1.165, 1.54) is 7.11 Å². The van der Waals surface area contributed by atoms with E-state index in [2.05, 4.69) is 10.2 Å². The van der Waals surface area contributed by atoms with Crippen molar-refractivity contribution in [2.75, 3.05) is 32.6 Å². The van der Waals surface area contributed by atoms with Gasteiger partial charge in [0.2, 0.25) is 5.91 Å². The monoisotopic (exact) mass is 276 g/mol. The SMILES string of the molecule is COC(=O)c1ccccc1NC(=O)[C@@H]1CCCN(C)C1. The van der Waals surface area contributed by atoms with Crippen LogP contribution < -0.4 is 5.32 Å². The van der Waals surface area contributed by atoms with Crippen molar-refractivity contribution in [3.8, 4) is 0 Å². The van der Waals surface area contributed by atoms with Crippen LogP contribution in [0.4, 0.5) is 5.69 Å². The van der Waals surface area contributed by atoms with Crippen LogP contribution in [0.2, 0.25) is 0 Å². The minimum Gasteiger partial charge on any atom is -0.465 e. The van der Waals surface area contributed by atoms with Crippen LogP contribution in [0, 0.1) is 5.92 Å². The molecule has 1 atom stereocenters. The molecular weight excluding hydrogens is 256 g/mol. The van der Waals surface area contributed by atoms with E-state index in [9.17, 15) is 9.59 Å². The highest BCUT2D eigenvalue weighted by atomic mass is 16.5. The van der Waals surface area contributed by atoms with Crippen LogP contribution >= 0.6 is 0 Å². The first kappa shape index (κ1) is 14.5. The van der Waals surface area contributed by atoms with Crippen molar-refractivity contribution in [1.29, 1.82) is 0 Å². The molecule has 1 aromatic carbocycles. The number of benzene rings is 1. The summed E-state index contributed by atoms with van der Waals surface area (Å²) in [5, 5.41) is 2.85. The lowest BCUT2D eigenvalue weighted by Gasteiger charge is -2.28. The number of carbonyl (C=O) groups excluding carboxylic acids is 2. The van der Waals surface area contributed by atoms with Gasteiger partial charge >= 0.3 is 5.97 Å². The van der Waals surface area contributed by atoms with Crippen LogP contribution in [0.25, 0.3) is 0 Å². The van der Waals surface area contributed by atoms with E-state index in [0.717, 1.165) is 25.9 Å². The Labute approximate surface area is 118 Å². The summed E-state index contributed by atoms with van der Waals surface area (Å²) < 4.78 is 4.72. The zero-order valence-corrected chi connectivity index (χ0v) is 11.9. The van der Waals surface area contributed by atoms with Gasteiger partial charge in [-0.05, 0) is 38.6 Å². The Morgan fingerprint density at radius 2 is 2.10 bits per heavy atom. The van der Waals surface area contributed by atoms with E-state index in [0.29, 0.717) is 11.3 Å². The molecule has 0 aromatic heterocycles. The minimum atomic E-state index is -0.443. The summed E-state index contributed by atoms with van der Waals surface area (Å²) in [4.78, 5) is 26.1. The second-order valence-corrected chi connectivity index (χ2v) is 5.13. The molecule has 1 amide bonds. The van der Waals surface area contributed by atoms with Gasteiger partial charge in [0.15, 0.2) is 0 Å². The third-order valence-electron chi connectivity index (χ3n) is 3.59. The number of hydrogen-bond donors (Lipinski definition) is 1. The molecule has 1 fully saturated rings. The van der Waals surface area contributed by atoms with Crippen LogP contribution in [0.5, 0.6) is 0 Å². The van der Waals surface area contributed by atoms with Crippen LogP contribution in [0.1, 0.15) is 23.2 Å². The van der Waals surface area contributed by atoms with Gasteiger partial charge in [-0.15, -0.1) is 0 Å². The summed E-state index contributed by atoms with van der Waals surface area (Å²) in [6.45, 7) is 1.79. The van der Waals surface area contributed by atoms with E-state index in [1.807, 2.05) is 7.05 Å². The van der Waals surface area contributed by atoms with E-state index in [-0.39, 0.29) is 11.8 Å². The third kappa shape index (κ3) is 3.36. The lowest BCUT2D eigenvalue weighted by atomic mass is 9.97. The number of nitrogens with zero attached hydrogens (tertiary/aromatic N) is 1. The number of nitrogens with one attached hydrogen (secondary N) is 1. The molecule has 20 heavy (non-hydrogen) atoms. The van der Waals surface area contributed by atoms with Crippen molar-refractivity contribution < 1.29 is 14.3 Å². The predicted molar refractivity (Wildman–Crippen MR) is 76.6 cm³/mol. The lowest BCUT2D eigenvalue weighted by Crippen LogP contribution is -2.38. The van der Waals surface area contributed by atoms with Gasteiger partial charge in [-0.1, -0.05) is 12.1 Å². The zero-order chi connectivity index (χ0) is 14.5. The average molecular weight is 276 g/mol. The Hall–Kier alpha value is -1.88. The molecule has 1 saturated heterocycles. The first-order valence-corrected chi connectivity index (χ1v) is 6.78. The van der Waals surface area contributed by atoms with Gasteiger partial charge in [0.1, 0.15) is 0 Å². The van der Waals surface area contributed by atoms with E-state index < -0.39 is 5.97 Å². The minimum absolute atomic E-state index is 0.0283. The number of piperidine rings is 1. The Morgan fingerprint density at radius 3 is 2.80 bits per heavy atom. The van der Waals surface area contributed by atoms with Gasteiger partial charge in [0, 0.05) is 6.54 Å². The maximum Gasteiger partial charge on any atom is 0.339 e. The molecule has 5 heteroatoms. The maximum atomic E-state index is 12.3.